The number of nitrogens with zero attached hydrogens (tertiary/aromatic N) is 8. The van der Waals surface area contributed by atoms with Crippen LogP contribution in [0.5, 0.6) is 0 Å². The third-order valence-corrected chi connectivity index (χ3v) is 12.0. The summed E-state index contributed by atoms with van der Waals surface area (Å²) in [5.41, 5.74) is 0. The Labute approximate surface area is 245 Å². The predicted molar refractivity (Wildman–Crippen MR) is 165 cm³/mol. The molecule has 2 aromatic heterocycles. The highest BCUT2D eigenvalue weighted by Crippen LogP contribution is 2.55. The minimum atomic E-state index is -3.51. The number of hydrogen-bond acceptors (Lipinski definition) is 12. The topological polar surface area (TPSA) is 135 Å². The Morgan fingerprint density at radius 3 is 0.976 bits per heavy atom. The van der Waals surface area contributed by atoms with E-state index in [1.165, 1.54) is 44.0 Å². The normalized spacial score (nSPS) is 24.7. The van der Waals surface area contributed by atoms with Gasteiger partial charge in [-0.1, -0.05) is 36.4 Å². The smallest absolute Gasteiger partial charge is 0.227 e. The van der Waals surface area contributed by atoms with Gasteiger partial charge < -0.3 is 18.6 Å². The van der Waals surface area contributed by atoms with Gasteiger partial charge in [-0.15, -0.1) is 39.5 Å². The molecule has 12 nitrogen and oxygen atoms in total. The first kappa shape index (κ1) is 29.2. The first-order chi connectivity index (χ1) is 20.2. The van der Waals surface area contributed by atoms with Crippen molar-refractivity contribution in [3.05, 3.63) is 108 Å². The molecule has 0 N–H and O–H groups in total. The van der Waals surface area contributed by atoms with E-state index in [1.54, 1.807) is 76.7 Å². The summed E-state index contributed by atoms with van der Waals surface area (Å²) < 4.78 is 17.2. The fourth-order valence-electron chi connectivity index (χ4n) is 4.14. The first-order valence-corrected chi connectivity index (χ1v) is 16.1. The van der Waals surface area contributed by atoms with Crippen LogP contribution >= 0.6 is 15.6 Å². The van der Waals surface area contributed by atoms with Gasteiger partial charge in [-0.25, -0.2) is 0 Å². The molecule has 0 saturated heterocycles. The number of benzene rings is 2. The Bertz CT molecular complexity index is 1420. The maximum atomic E-state index is 14.5. The van der Waals surface area contributed by atoms with Crippen molar-refractivity contribution in [3.63, 3.8) is 0 Å². The van der Waals surface area contributed by atoms with Gasteiger partial charge in [0.25, 0.3) is 0 Å². The van der Waals surface area contributed by atoms with Crippen molar-refractivity contribution in [2.75, 3.05) is 28.2 Å². The van der Waals surface area contributed by atoms with Gasteiger partial charge in [0.2, 0.25) is 15.6 Å². The quantitative estimate of drug-likeness (QED) is 0.319. The van der Waals surface area contributed by atoms with Crippen molar-refractivity contribution in [2.45, 2.75) is 0 Å². The van der Waals surface area contributed by atoms with Crippen molar-refractivity contribution in [1.82, 2.24) is 19.1 Å². The summed E-state index contributed by atoms with van der Waals surface area (Å²) in [6.45, 7) is 0. The van der Waals surface area contributed by atoms with E-state index in [-0.39, 0.29) is 0 Å². The fraction of sp³-hybridized carbons (Fsp3) is 0.143. The molecule has 0 fully saturated rings. The Kier molecular flexibility index (Phi) is 8.51. The zero-order valence-electron chi connectivity index (χ0n) is 23.5. The minimum absolute atomic E-state index is 0.405. The van der Waals surface area contributed by atoms with Crippen LogP contribution in [0.25, 0.3) is 0 Å². The lowest BCUT2D eigenvalue weighted by Crippen LogP contribution is -2.41. The molecule has 0 aliphatic carbocycles. The molecule has 5 rings (SSSR count). The van der Waals surface area contributed by atoms with Crippen LogP contribution in [0.15, 0.2) is 114 Å². The van der Waals surface area contributed by atoms with Crippen LogP contribution in [-0.4, -0.2) is 72.2 Å². The van der Waals surface area contributed by atoms with E-state index < -0.39 is 15.6 Å². The van der Waals surface area contributed by atoms with Gasteiger partial charge in [0.15, 0.2) is 0 Å². The average molecular weight is 605 g/mol. The molecule has 42 heavy (non-hydrogen) atoms. The Morgan fingerprint density at radius 2 is 0.714 bits per heavy atom. The van der Waals surface area contributed by atoms with E-state index in [2.05, 4.69) is 20.4 Å². The largest absolute Gasteiger partial charge is 0.636 e. The zero-order valence-corrected chi connectivity index (χ0v) is 25.3. The predicted octanol–water partition coefficient (Wildman–Crippen LogP) is 2.55. The van der Waals surface area contributed by atoms with Gasteiger partial charge in [-0.2, -0.15) is 0 Å². The molecule has 0 atom stereocenters. The van der Waals surface area contributed by atoms with Crippen molar-refractivity contribution in [3.8, 4) is 0 Å². The standard InChI is InChI=1S/C28H30N8O4P2/c1-33-29-19-23-15-16-25(39-23)21-31-35(3)42(38,28-13-9-6-10-14-28)36(4)32-22-26-18-17-24(40-26)20-30-34(2)41(33,37)27-11-7-5-8-12-27/h5-22H,1-4H3/b29-19-,30-20-,31-21-,32-22-. The maximum Gasteiger partial charge on any atom is 0.227 e. The van der Waals surface area contributed by atoms with Gasteiger partial charge in [-0.3, -0.25) is 0 Å². The molecule has 2 aromatic carbocycles. The van der Waals surface area contributed by atoms with Crippen molar-refractivity contribution < 1.29 is 18.6 Å². The summed E-state index contributed by atoms with van der Waals surface area (Å²) in [6.07, 6.45) is 5.84. The summed E-state index contributed by atoms with van der Waals surface area (Å²) in [5.74, 6) is 1.62. The number of fused-ring (bicyclic) bond motifs is 4. The maximum absolute atomic E-state index is 14.5. The highest BCUT2D eigenvalue weighted by Gasteiger charge is 2.41. The van der Waals surface area contributed by atoms with E-state index >= 15 is 0 Å². The van der Waals surface area contributed by atoms with Crippen LogP contribution in [0.1, 0.15) is 23.0 Å². The summed E-state index contributed by atoms with van der Waals surface area (Å²) in [5, 5.41) is 18.8. The zero-order chi connectivity index (χ0) is 29.7. The lowest BCUT2D eigenvalue weighted by Gasteiger charge is -2.39. The van der Waals surface area contributed by atoms with Gasteiger partial charge in [-0.05, 0) is 48.5 Å². The molecule has 0 unspecified atom stereocenters. The van der Waals surface area contributed by atoms with Crippen molar-refractivity contribution >= 4 is 51.0 Å². The molecule has 216 valence electrons. The molecule has 0 saturated carbocycles. The molecule has 0 amide bonds. The van der Waals surface area contributed by atoms with Crippen LogP contribution in [0.2, 0.25) is 0 Å². The van der Waals surface area contributed by atoms with E-state index in [1.807, 2.05) is 36.4 Å². The summed E-state index contributed by atoms with van der Waals surface area (Å²) >= 11 is 0. The molecule has 4 aromatic rings. The van der Waals surface area contributed by atoms with Crippen molar-refractivity contribution in [2.24, 2.45) is 20.4 Å². The number of hydrazone groups is 4. The minimum Gasteiger partial charge on any atom is -0.636 e. The molecule has 1 aliphatic heterocycles. The molecule has 1 aliphatic rings. The number of furan rings is 2. The van der Waals surface area contributed by atoms with Crippen molar-refractivity contribution in [1.29, 1.82) is 0 Å². The highest BCUT2D eigenvalue weighted by molar-refractivity contribution is 7.72. The molecule has 14 heteroatoms. The Hall–Kier alpha value is -4.34. The van der Waals surface area contributed by atoms with Crippen LogP contribution in [0.4, 0.5) is 0 Å². The van der Waals surface area contributed by atoms with Gasteiger partial charge in [0.05, 0.1) is 53.0 Å². The van der Waals surface area contributed by atoms with Crippen LogP contribution in [-0.2, 0) is 0 Å². The van der Waals surface area contributed by atoms with E-state index in [0.717, 1.165) is 0 Å². The first-order valence-electron chi connectivity index (χ1n) is 12.8. The van der Waals surface area contributed by atoms with Gasteiger partial charge in [0.1, 0.15) is 33.7 Å². The number of hydrogen-bond donors (Lipinski definition) is 0. The second kappa shape index (κ2) is 12.3. The van der Waals surface area contributed by atoms with E-state index in [0.29, 0.717) is 33.7 Å². The summed E-state index contributed by atoms with van der Waals surface area (Å²) in [4.78, 5) is 28.9. The number of rotatable bonds is 2. The Morgan fingerprint density at radius 1 is 0.452 bits per heavy atom. The lowest BCUT2D eigenvalue weighted by atomic mass is 10.4. The monoisotopic (exact) mass is 604 g/mol. The molecule has 3 heterocycles. The van der Waals surface area contributed by atoms with Gasteiger partial charge in [0, 0.05) is 0 Å². The van der Waals surface area contributed by atoms with E-state index in [4.69, 9.17) is 8.83 Å². The summed E-state index contributed by atoms with van der Waals surface area (Å²) in [6, 6.07) is 24.8. The summed E-state index contributed by atoms with van der Waals surface area (Å²) in [7, 11) is -0.559. The lowest BCUT2D eigenvalue weighted by molar-refractivity contribution is -0.189. The molecule has 4 bridgehead atoms. The van der Waals surface area contributed by atoms with Gasteiger partial charge >= 0.3 is 0 Å². The van der Waals surface area contributed by atoms with Crippen LogP contribution in [0, 0.1) is 0 Å². The third kappa shape index (κ3) is 5.84. The molecule has 0 spiro atoms. The average Bonchev–Trinajstić information content (AvgIpc) is 3.69. The molecular formula is C28H30N8O4P2. The van der Waals surface area contributed by atoms with E-state index in [9.17, 15) is 9.79 Å². The SMILES string of the molecule is CN1/N=C\c2ccc(o2)/C=N\N(C)[P+]([O-])(c2ccccc2)N(C)/N=C\c2ccc(o2)/C=N\N(C)[P+]1([O-])c1ccccc1. The highest BCUT2D eigenvalue weighted by atomic mass is 31.2. The molecular weight excluding hydrogens is 574 g/mol. The van der Waals surface area contributed by atoms with Crippen LogP contribution in [0.3, 0.4) is 0 Å². The van der Waals surface area contributed by atoms with Crippen LogP contribution < -0.4 is 20.4 Å². The fourth-order valence-corrected chi connectivity index (χ4v) is 8.12. The second-order valence-electron chi connectivity index (χ2n) is 9.18. The molecule has 0 radical (unpaired) electrons. The third-order valence-electron chi connectivity index (χ3n) is 6.46. The second-order valence-corrected chi connectivity index (χ2v) is 14.7. The Balaban J connectivity index is 1.57.